The highest BCUT2D eigenvalue weighted by Gasteiger charge is 2.17. The fourth-order valence-electron chi connectivity index (χ4n) is 2.93. The number of benzene rings is 2. The zero-order chi connectivity index (χ0) is 21.1. The van der Waals surface area contributed by atoms with Gasteiger partial charge in [0.25, 0.3) is 5.91 Å². The number of methoxy groups -OCH3 is 1. The second-order valence-corrected chi connectivity index (χ2v) is 7.65. The fourth-order valence-corrected chi connectivity index (χ4v) is 3.78. The molecule has 0 radical (unpaired) electrons. The number of amides is 2. The third-order valence-corrected chi connectivity index (χ3v) is 5.34. The summed E-state index contributed by atoms with van der Waals surface area (Å²) in [6, 6.07) is 12.4. The van der Waals surface area contributed by atoms with E-state index in [0.29, 0.717) is 22.2 Å². The number of fused-ring (bicyclic) bond motifs is 1. The molecule has 3 aromatic rings. The van der Waals surface area contributed by atoms with E-state index in [1.54, 1.807) is 25.3 Å². The van der Waals surface area contributed by atoms with Crippen LogP contribution in [0.2, 0.25) is 0 Å². The van der Waals surface area contributed by atoms with Crippen molar-refractivity contribution in [3.05, 3.63) is 52.9 Å². The largest absolute Gasteiger partial charge is 0.497 e. The van der Waals surface area contributed by atoms with Gasteiger partial charge in [-0.2, -0.15) is 0 Å². The van der Waals surface area contributed by atoms with Crippen molar-refractivity contribution in [2.45, 2.75) is 6.92 Å². The number of nitrogens with one attached hydrogen (secondary N) is 2. The standard InChI is InChI=1S/C21H19N3O5S/c1-12-19(13-3-6-15(27-2)7-4-13)24-21(30-12)23-18(25)10-22-20(26)14-5-8-16-17(9-14)29-11-28-16/h3-9H,10-11H2,1-2H3,(H,22,26)(H,23,24,25). The number of carbonyl (C=O) groups excluding carboxylic acids is 2. The molecule has 154 valence electrons. The summed E-state index contributed by atoms with van der Waals surface area (Å²) in [5.41, 5.74) is 2.11. The van der Waals surface area contributed by atoms with Gasteiger partial charge >= 0.3 is 0 Å². The van der Waals surface area contributed by atoms with Gasteiger partial charge in [0.1, 0.15) is 5.75 Å². The van der Waals surface area contributed by atoms with Crippen molar-refractivity contribution in [2.24, 2.45) is 0 Å². The van der Waals surface area contributed by atoms with Crippen LogP contribution in [-0.4, -0.2) is 37.2 Å². The number of hydrogen-bond acceptors (Lipinski definition) is 7. The Morgan fingerprint density at radius 3 is 2.67 bits per heavy atom. The lowest BCUT2D eigenvalue weighted by atomic mass is 10.1. The smallest absolute Gasteiger partial charge is 0.251 e. The first-order chi connectivity index (χ1) is 14.5. The molecule has 1 aliphatic heterocycles. The van der Waals surface area contributed by atoms with Gasteiger partial charge in [0.2, 0.25) is 12.7 Å². The summed E-state index contributed by atoms with van der Waals surface area (Å²) in [5.74, 6) is 1.13. The van der Waals surface area contributed by atoms with Crippen molar-refractivity contribution in [3.8, 4) is 28.5 Å². The van der Waals surface area contributed by atoms with Crippen molar-refractivity contribution in [1.29, 1.82) is 0 Å². The van der Waals surface area contributed by atoms with E-state index < -0.39 is 0 Å². The number of hydrogen-bond donors (Lipinski definition) is 2. The van der Waals surface area contributed by atoms with Gasteiger partial charge in [-0.25, -0.2) is 4.98 Å². The van der Waals surface area contributed by atoms with E-state index >= 15 is 0 Å². The van der Waals surface area contributed by atoms with Crippen molar-refractivity contribution >= 4 is 28.3 Å². The Morgan fingerprint density at radius 1 is 1.13 bits per heavy atom. The number of thiazole rings is 1. The molecule has 9 heteroatoms. The lowest BCUT2D eigenvalue weighted by Gasteiger charge is -2.06. The number of nitrogens with zero attached hydrogens (tertiary/aromatic N) is 1. The Kier molecular flexibility index (Phi) is 5.53. The quantitative estimate of drug-likeness (QED) is 0.629. The molecule has 2 N–H and O–H groups in total. The molecule has 4 rings (SSSR count). The van der Waals surface area contributed by atoms with Crippen LogP contribution in [-0.2, 0) is 4.79 Å². The van der Waals surface area contributed by atoms with E-state index in [1.807, 2.05) is 31.2 Å². The second kappa shape index (κ2) is 8.42. The molecule has 0 spiro atoms. The molecule has 30 heavy (non-hydrogen) atoms. The van der Waals surface area contributed by atoms with Crippen molar-refractivity contribution < 1.29 is 23.8 Å². The fraction of sp³-hybridized carbons (Fsp3) is 0.190. The molecular formula is C21H19N3O5S. The number of ether oxygens (including phenoxy) is 3. The Balaban J connectivity index is 1.35. The van der Waals surface area contributed by atoms with Crippen LogP contribution in [0.3, 0.4) is 0 Å². The van der Waals surface area contributed by atoms with Crippen LogP contribution in [0, 0.1) is 6.92 Å². The van der Waals surface area contributed by atoms with Crippen LogP contribution in [0.1, 0.15) is 15.2 Å². The second-order valence-electron chi connectivity index (χ2n) is 6.45. The topological polar surface area (TPSA) is 98.8 Å². The SMILES string of the molecule is COc1ccc(-c2nc(NC(=O)CNC(=O)c3ccc4c(c3)OCO4)sc2C)cc1. The minimum Gasteiger partial charge on any atom is -0.497 e. The van der Waals surface area contributed by atoms with Crippen LogP contribution in [0.15, 0.2) is 42.5 Å². The average Bonchev–Trinajstić information content (AvgIpc) is 3.37. The Morgan fingerprint density at radius 2 is 1.90 bits per heavy atom. The summed E-state index contributed by atoms with van der Waals surface area (Å²) < 4.78 is 15.7. The number of anilines is 1. The van der Waals surface area contributed by atoms with E-state index in [9.17, 15) is 9.59 Å². The molecule has 1 aliphatic rings. The zero-order valence-corrected chi connectivity index (χ0v) is 17.2. The first-order valence-corrected chi connectivity index (χ1v) is 9.94. The Hall–Kier alpha value is -3.59. The lowest BCUT2D eigenvalue weighted by molar-refractivity contribution is -0.115. The van der Waals surface area contributed by atoms with E-state index in [-0.39, 0.29) is 25.2 Å². The molecule has 0 atom stereocenters. The van der Waals surface area contributed by atoms with Gasteiger partial charge in [-0.1, -0.05) is 0 Å². The normalized spacial score (nSPS) is 11.8. The highest BCUT2D eigenvalue weighted by molar-refractivity contribution is 7.16. The molecule has 0 unspecified atom stereocenters. The van der Waals surface area contributed by atoms with Gasteiger partial charge in [0, 0.05) is 16.0 Å². The summed E-state index contributed by atoms with van der Waals surface area (Å²) in [6.45, 7) is 1.90. The average molecular weight is 425 g/mol. The van der Waals surface area contributed by atoms with Gasteiger partial charge in [0.05, 0.1) is 19.3 Å². The third-order valence-electron chi connectivity index (χ3n) is 4.45. The maximum atomic E-state index is 12.3. The minimum atomic E-state index is -0.377. The summed E-state index contributed by atoms with van der Waals surface area (Å²) in [6.07, 6.45) is 0. The summed E-state index contributed by atoms with van der Waals surface area (Å²) in [4.78, 5) is 30.0. The Labute approximate surface area is 176 Å². The van der Waals surface area contributed by atoms with Crippen LogP contribution in [0.4, 0.5) is 5.13 Å². The van der Waals surface area contributed by atoms with Gasteiger partial charge < -0.3 is 24.8 Å². The van der Waals surface area contributed by atoms with Crippen LogP contribution < -0.4 is 24.8 Å². The summed E-state index contributed by atoms with van der Waals surface area (Å²) >= 11 is 1.37. The Bertz CT molecular complexity index is 1090. The monoisotopic (exact) mass is 425 g/mol. The molecule has 1 aromatic heterocycles. The van der Waals surface area contributed by atoms with Crippen molar-refractivity contribution in [1.82, 2.24) is 10.3 Å². The van der Waals surface area contributed by atoms with Gasteiger partial charge in [0.15, 0.2) is 16.6 Å². The highest BCUT2D eigenvalue weighted by Crippen LogP contribution is 2.33. The number of aromatic nitrogens is 1. The molecule has 0 saturated carbocycles. The van der Waals surface area contributed by atoms with E-state index in [4.69, 9.17) is 14.2 Å². The molecule has 0 saturated heterocycles. The molecule has 2 heterocycles. The molecule has 0 fully saturated rings. The lowest BCUT2D eigenvalue weighted by Crippen LogP contribution is -2.32. The van der Waals surface area contributed by atoms with Crippen LogP contribution in [0.5, 0.6) is 17.2 Å². The number of rotatable bonds is 6. The van der Waals surface area contributed by atoms with Gasteiger partial charge in [-0.15, -0.1) is 11.3 Å². The predicted octanol–water partition coefficient (Wildman–Crippen LogP) is 3.22. The number of carbonyl (C=O) groups is 2. The zero-order valence-electron chi connectivity index (χ0n) is 16.4. The molecule has 8 nitrogen and oxygen atoms in total. The van der Waals surface area contributed by atoms with Crippen LogP contribution in [0.25, 0.3) is 11.3 Å². The minimum absolute atomic E-state index is 0.133. The number of aryl methyl sites for hydroxylation is 1. The highest BCUT2D eigenvalue weighted by atomic mass is 32.1. The summed E-state index contributed by atoms with van der Waals surface area (Å²) in [7, 11) is 1.61. The third kappa shape index (κ3) is 4.20. The van der Waals surface area contributed by atoms with Gasteiger partial charge in [-0.05, 0) is 49.4 Å². The molecule has 2 amide bonds. The molecule has 2 aromatic carbocycles. The van der Waals surface area contributed by atoms with E-state index in [2.05, 4.69) is 15.6 Å². The summed E-state index contributed by atoms with van der Waals surface area (Å²) in [5, 5.41) is 5.79. The van der Waals surface area contributed by atoms with E-state index in [0.717, 1.165) is 21.9 Å². The maximum Gasteiger partial charge on any atom is 0.251 e. The maximum absolute atomic E-state index is 12.3. The molecule has 0 aliphatic carbocycles. The molecule has 0 bridgehead atoms. The van der Waals surface area contributed by atoms with E-state index in [1.165, 1.54) is 11.3 Å². The molecular weight excluding hydrogens is 406 g/mol. The van der Waals surface area contributed by atoms with Crippen molar-refractivity contribution in [2.75, 3.05) is 25.8 Å². The van der Waals surface area contributed by atoms with Gasteiger partial charge in [-0.3, -0.25) is 9.59 Å². The first-order valence-electron chi connectivity index (χ1n) is 9.13. The predicted molar refractivity (Wildman–Crippen MR) is 112 cm³/mol. The first kappa shape index (κ1) is 19.7. The van der Waals surface area contributed by atoms with Crippen LogP contribution >= 0.6 is 11.3 Å². The van der Waals surface area contributed by atoms with Crippen molar-refractivity contribution in [3.63, 3.8) is 0 Å².